The number of ether oxygens (including phenoxy) is 1. The van der Waals surface area contributed by atoms with Gasteiger partial charge in [-0.2, -0.15) is 0 Å². The fourth-order valence-corrected chi connectivity index (χ4v) is 4.36. The molecule has 1 aromatic heterocycles. The van der Waals surface area contributed by atoms with Crippen LogP contribution in [0.5, 0.6) is 0 Å². The Bertz CT molecular complexity index is 956. The predicted molar refractivity (Wildman–Crippen MR) is 129 cm³/mol. The third-order valence-electron chi connectivity index (χ3n) is 4.53. The number of benzene rings is 2. The smallest absolute Gasteiger partial charge is 0.341 e. The van der Waals surface area contributed by atoms with Crippen molar-refractivity contribution in [1.82, 2.24) is 5.32 Å². The van der Waals surface area contributed by atoms with Crippen LogP contribution in [-0.2, 0) is 11.2 Å². The average molecular weight is 439 g/mol. The molecule has 0 aliphatic carbocycles. The van der Waals surface area contributed by atoms with Gasteiger partial charge in [0.25, 0.3) is 0 Å². The van der Waals surface area contributed by atoms with Crippen LogP contribution in [-0.4, -0.2) is 24.2 Å². The van der Waals surface area contributed by atoms with Crippen molar-refractivity contribution in [3.63, 3.8) is 0 Å². The number of hydrogen-bond acceptors (Lipinski definition) is 4. The van der Waals surface area contributed by atoms with Crippen LogP contribution in [0.2, 0.25) is 0 Å². The SMILES string of the molecule is CCOC(=O)c1cc(-c2ccccc2)sc1NC(=S)NCCCCc1ccccc1. The van der Waals surface area contributed by atoms with E-state index in [1.54, 1.807) is 6.92 Å². The first-order chi connectivity index (χ1) is 14.7. The molecule has 0 bridgehead atoms. The maximum absolute atomic E-state index is 12.4. The van der Waals surface area contributed by atoms with Crippen molar-refractivity contribution >= 4 is 39.6 Å². The Morgan fingerprint density at radius 1 is 1.03 bits per heavy atom. The number of unbranched alkanes of at least 4 members (excludes halogenated alkanes) is 1. The lowest BCUT2D eigenvalue weighted by Gasteiger charge is -2.10. The summed E-state index contributed by atoms with van der Waals surface area (Å²) in [4.78, 5) is 13.4. The molecule has 3 rings (SSSR count). The van der Waals surface area contributed by atoms with Crippen LogP contribution >= 0.6 is 23.6 Å². The maximum Gasteiger partial charge on any atom is 0.341 e. The second-order valence-corrected chi connectivity index (χ2v) is 8.22. The van der Waals surface area contributed by atoms with Crippen molar-refractivity contribution < 1.29 is 9.53 Å². The standard InChI is InChI=1S/C24H26N2O2S2/c1-2-28-23(27)20-17-21(19-14-7-4-8-15-19)30-22(20)26-24(29)25-16-10-9-13-18-11-5-3-6-12-18/h3-8,11-12,14-15,17H,2,9-10,13,16H2,1H3,(H2,25,26,29). The number of thiophene rings is 1. The molecule has 0 aliphatic heterocycles. The molecule has 0 saturated heterocycles. The van der Waals surface area contributed by atoms with Gasteiger partial charge in [-0.15, -0.1) is 11.3 Å². The highest BCUT2D eigenvalue weighted by Gasteiger charge is 2.18. The van der Waals surface area contributed by atoms with E-state index in [-0.39, 0.29) is 5.97 Å². The molecule has 0 atom stereocenters. The van der Waals surface area contributed by atoms with Crippen molar-refractivity contribution in [1.29, 1.82) is 0 Å². The monoisotopic (exact) mass is 438 g/mol. The summed E-state index contributed by atoms with van der Waals surface area (Å²) in [5, 5.41) is 7.64. The van der Waals surface area contributed by atoms with Gasteiger partial charge in [0.2, 0.25) is 0 Å². The van der Waals surface area contributed by atoms with Crippen molar-refractivity contribution in [2.75, 3.05) is 18.5 Å². The summed E-state index contributed by atoms with van der Waals surface area (Å²) < 4.78 is 5.22. The molecule has 0 saturated carbocycles. The van der Waals surface area contributed by atoms with Gasteiger partial charge >= 0.3 is 5.97 Å². The predicted octanol–water partition coefficient (Wildman–Crippen LogP) is 5.90. The summed E-state index contributed by atoms with van der Waals surface area (Å²) in [6.07, 6.45) is 3.16. The van der Waals surface area contributed by atoms with E-state index in [1.165, 1.54) is 16.9 Å². The first kappa shape index (κ1) is 22.0. The van der Waals surface area contributed by atoms with E-state index in [4.69, 9.17) is 17.0 Å². The molecule has 4 nitrogen and oxygen atoms in total. The van der Waals surface area contributed by atoms with Crippen LogP contribution in [0.15, 0.2) is 66.7 Å². The molecule has 1 heterocycles. The molecule has 0 fully saturated rings. The minimum atomic E-state index is -0.343. The van der Waals surface area contributed by atoms with E-state index < -0.39 is 0 Å². The minimum absolute atomic E-state index is 0.332. The second kappa shape index (κ2) is 11.5. The number of carbonyl (C=O) groups is 1. The van der Waals surface area contributed by atoms with Crippen LogP contribution < -0.4 is 10.6 Å². The number of anilines is 1. The van der Waals surface area contributed by atoms with Gasteiger partial charge in [-0.3, -0.25) is 0 Å². The number of hydrogen-bond donors (Lipinski definition) is 2. The Morgan fingerprint density at radius 2 is 1.73 bits per heavy atom. The molecule has 0 amide bonds. The van der Waals surface area contributed by atoms with Gasteiger partial charge in [0, 0.05) is 11.4 Å². The molecule has 0 unspecified atom stereocenters. The van der Waals surface area contributed by atoms with Crippen LogP contribution in [0.1, 0.15) is 35.7 Å². The van der Waals surface area contributed by atoms with Crippen LogP contribution in [0.4, 0.5) is 5.00 Å². The largest absolute Gasteiger partial charge is 0.462 e. The molecule has 2 N–H and O–H groups in total. The lowest BCUT2D eigenvalue weighted by molar-refractivity contribution is 0.0528. The fourth-order valence-electron chi connectivity index (χ4n) is 3.04. The van der Waals surface area contributed by atoms with Crippen LogP contribution in [0.3, 0.4) is 0 Å². The molecule has 3 aromatic rings. The zero-order chi connectivity index (χ0) is 21.2. The van der Waals surface area contributed by atoms with E-state index in [0.717, 1.165) is 36.2 Å². The van der Waals surface area contributed by atoms with E-state index in [1.807, 2.05) is 42.5 Å². The Labute approximate surface area is 187 Å². The summed E-state index contributed by atoms with van der Waals surface area (Å²) in [5.41, 5.74) is 2.92. The highest BCUT2D eigenvalue weighted by Crippen LogP contribution is 2.35. The summed E-state index contributed by atoms with van der Waals surface area (Å²) in [7, 11) is 0. The lowest BCUT2D eigenvalue weighted by atomic mass is 10.1. The van der Waals surface area contributed by atoms with E-state index in [0.29, 0.717) is 22.3 Å². The number of rotatable bonds is 9. The lowest BCUT2D eigenvalue weighted by Crippen LogP contribution is -2.29. The number of esters is 1. The molecule has 30 heavy (non-hydrogen) atoms. The highest BCUT2D eigenvalue weighted by molar-refractivity contribution is 7.80. The summed E-state index contributed by atoms with van der Waals surface area (Å²) >= 11 is 6.94. The van der Waals surface area contributed by atoms with Gasteiger partial charge in [-0.1, -0.05) is 60.7 Å². The van der Waals surface area contributed by atoms with Gasteiger partial charge < -0.3 is 15.4 Å². The van der Waals surface area contributed by atoms with Gasteiger partial charge in [-0.25, -0.2) is 4.79 Å². The zero-order valence-electron chi connectivity index (χ0n) is 17.0. The normalized spacial score (nSPS) is 10.4. The van der Waals surface area contributed by atoms with Gasteiger partial charge in [0.15, 0.2) is 5.11 Å². The molecule has 0 aliphatic rings. The molecular weight excluding hydrogens is 412 g/mol. The minimum Gasteiger partial charge on any atom is -0.462 e. The van der Waals surface area contributed by atoms with Crippen LogP contribution in [0.25, 0.3) is 10.4 Å². The van der Waals surface area contributed by atoms with Crippen molar-refractivity contribution in [3.05, 3.63) is 77.9 Å². The van der Waals surface area contributed by atoms with Gasteiger partial charge in [0.1, 0.15) is 5.00 Å². The summed E-state index contributed by atoms with van der Waals surface area (Å²) in [6, 6.07) is 22.3. The molecule has 6 heteroatoms. The van der Waals surface area contributed by atoms with E-state index >= 15 is 0 Å². The topological polar surface area (TPSA) is 50.4 Å². The maximum atomic E-state index is 12.4. The second-order valence-electron chi connectivity index (χ2n) is 6.76. The van der Waals surface area contributed by atoms with Crippen LogP contribution in [0, 0.1) is 0 Å². The zero-order valence-corrected chi connectivity index (χ0v) is 18.7. The molecule has 156 valence electrons. The van der Waals surface area contributed by atoms with E-state index in [9.17, 15) is 4.79 Å². The number of aryl methyl sites for hydroxylation is 1. The number of thiocarbonyl (C=S) groups is 1. The number of carbonyl (C=O) groups excluding carboxylic acids is 1. The Balaban J connectivity index is 1.56. The first-order valence-corrected chi connectivity index (χ1v) is 11.3. The summed E-state index contributed by atoms with van der Waals surface area (Å²) in [6.45, 7) is 2.92. The highest BCUT2D eigenvalue weighted by atomic mass is 32.1. The quantitative estimate of drug-likeness (QED) is 0.247. The molecule has 0 radical (unpaired) electrons. The van der Waals surface area contributed by atoms with E-state index in [2.05, 4.69) is 34.9 Å². The Kier molecular flexibility index (Phi) is 8.41. The number of nitrogens with one attached hydrogen (secondary N) is 2. The summed E-state index contributed by atoms with van der Waals surface area (Å²) in [5.74, 6) is -0.343. The Hall–Kier alpha value is -2.70. The Morgan fingerprint density at radius 3 is 2.43 bits per heavy atom. The third kappa shape index (κ3) is 6.40. The van der Waals surface area contributed by atoms with Crippen molar-refractivity contribution in [2.24, 2.45) is 0 Å². The fraction of sp³-hybridized carbons (Fsp3) is 0.250. The molecular formula is C24H26N2O2S2. The van der Waals surface area contributed by atoms with Crippen molar-refractivity contribution in [3.8, 4) is 10.4 Å². The van der Waals surface area contributed by atoms with Gasteiger partial charge in [0.05, 0.1) is 12.2 Å². The first-order valence-electron chi connectivity index (χ1n) is 10.1. The average Bonchev–Trinajstić information content (AvgIpc) is 3.19. The van der Waals surface area contributed by atoms with Gasteiger partial charge in [-0.05, 0) is 55.6 Å². The third-order valence-corrected chi connectivity index (χ3v) is 5.88. The molecule has 2 aromatic carbocycles. The van der Waals surface area contributed by atoms with Crippen molar-refractivity contribution in [2.45, 2.75) is 26.2 Å². The molecule has 0 spiro atoms.